The van der Waals surface area contributed by atoms with E-state index >= 15 is 0 Å². The van der Waals surface area contributed by atoms with Gasteiger partial charge in [0.15, 0.2) is 5.82 Å². The number of benzene rings is 2. The Morgan fingerprint density at radius 2 is 1.89 bits per heavy atom. The molecule has 2 atom stereocenters. The molecule has 1 aliphatic heterocycles. The first-order valence-electron chi connectivity index (χ1n) is 12.4. The van der Waals surface area contributed by atoms with E-state index < -0.39 is 0 Å². The normalized spacial score (nSPS) is 18.4. The standard InChI is InChI=1S/C27H33N7O2/c1-14(2)28-27(36)24-20-10-19(34-11-15(3)29-16(4)12-34)7-8-22(20)30-26(31-24)21-9-18-13-33(6)32-23(18)17(5)25(21)35/h7-10,13-16,29,35H,11-12H2,1-6H3,(H,28,36). The van der Waals surface area contributed by atoms with E-state index in [1.165, 1.54) is 0 Å². The van der Waals surface area contributed by atoms with Gasteiger partial charge in [-0.3, -0.25) is 9.48 Å². The Morgan fingerprint density at radius 3 is 2.58 bits per heavy atom. The monoisotopic (exact) mass is 487 g/mol. The predicted octanol–water partition coefficient (Wildman–Crippen LogP) is 3.52. The van der Waals surface area contributed by atoms with Crippen molar-refractivity contribution < 1.29 is 9.90 Å². The van der Waals surface area contributed by atoms with Gasteiger partial charge in [0.2, 0.25) is 0 Å². The number of nitrogens with one attached hydrogen (secondary N) is 2. The highest BCUT2D eigenvalue weighted by atomic mass is 16.3. The highest BCUT2D eigenvalue weighted by molar-refractivity contribution is 6.06. The Morgan fingerprint density at radius 1 is 1.17 bits per heavy atom. The van der Waals surface area contributed by atoms with Crippen LogP contribution in [-0.2, 0) is 7.05 Å². The van der Waals surface area contributed by atoms with Crippen molar-refractivity contribution in [2.75, 3.05) is 18.0 Å². The van der Waals surface area contributed by atoms with E-state index in [9.17, 15) is 9.90 Å². The molecule has 3 N–H and O–H groups in total. The molecule has 2 aromatic carbocycles. The maximum absolute atomic E-state index is 13.3. The van der Waals surface area contributed by atoms with E-state index in [2.05, 4.69) is 34.5 Å². The number of rotatable bonds is 4. The minimum absolute atomic E-state index is 0.0496. The number of fused-ring (bicyclic) bond motifs is 2. The van der Waals surface area contributed by atoms with Gasteiger partial charge in [0.05, 0.1) is 16.6 Å². The van der Waals surface area contributed by atoms with E-state index in [0.717, 1.165) is 29.7 Å². The van der Waals surface area contributed by atoms with Crippen LogP contribution in [0.2, 0.25) is 0 Å². The summed E-state index contributed by atoms with van der Waals surface area (Å²) in [6.45, 7) is 11.8. The van der Waals surface area contributed by atoms with Crippen molar-refractivity contribution in [1.82, 2.24) is 30.4 Å². The van der Waals surface area contributed by atoms with Gasteiger partial charge in [-0.25, -0.2) is 9.97 Å². The van der Waals surface area contributed by atoms with Crippen molar-refractivity contribution in [3.63, 3.8) is 0 Å². The predicted molar refractivity (Wildman–Crippen MR) is 143 cm³/mol. The highest BCUT2D eigenvalue weighted by Crippen LogP contribution is 2.36. The van der Waals surface area contributed by atoms with Gasteiger partial charge in [0.25, 0.3) is 5.91 Å². The molecule has 2 unspecified atom stereocenters. The van der Waals surface area contributed by atoms with Gasteiger partial charge < -0.3 is 20.6 Å². The molecule has 0 saturated carbocycles. The van der Waals surface area contributed by atoms with Crippen molar-refractivity contribution in [2.24, 2.45) is 7.05 Å². The van der Waals surface area contributed by atoms with Gasteiger partial charge in [-0.2, -0.15) is 5.10 Å². The average molecular weight is 488 g/mol. The molecular formula is C27H33N7O2. The van der Waals surface area contributed by atoms with Gasteiger partial charge in [-0.05, 0) is 58.9 Å². The zero-order valence-electron chi connectivity index (χ0n) is 21.6. The van der Waals surface area contributed by atoms with Crippen LogP contribution in [0.5, 0.6) is 5.75 Å². The second-order valence-electron chi connectivity index (χ2n) is 10.2. The van der Waals surface area contributed by atoms with Crippen LogP contribution in [0, 0.1) is 6.92 Å². The third-order valence-electron chi connectivity index (χ3n) is 6.60. The number of nitrogens with zero attached hydrogens (tertiary/aromatic N) is 5. The number of phenolic OH excluding ortho intramolecular Hbond substituents is 1. The Labute approximate surface area is 210 Å². The lowest BCUT2D eigenvalue weighted by molar-refractivity contribution is 0.0940. The number of aryl methyl sites for hydroxylation is 2. The minimum atomic E-state index is -0.267. The quantitative estimate of drug-likeness (QED) is 0.404. The molecule has 4 aromatic rings. The molecular weight excluding hydrogens is 454 g/mol. The fourth-order valence-corrected chi connectivity index (χ4v) is 5.09. The van der Waals surface area contributed by atoms with E-state index in [0.29, 0.717) is 45.6 Å². The molecule has 188 valence electrons. The number of hydrogen-bond acceptors (Lipinski definition) is 7. The lowest BCUT2D eigenvalue weighted by Gasteiger charge is -2.37. The van der Waals surface area contributed by atoms with Crippen LogP contribution in [0.3, 0.4) is 0 Å². The van der Waals surface area contributed by atoms with Crippen molar-refractivity contribution in [1.29, 1.82) is 0 Å². The largest absolute Gasteiger partial charge is 0.507 e. The molecule has 3 heterocycles. The van der Waals surface area contributed by atoms with Crippen molar-refractivity contribution in [3.05, 3.63) is 41.7 Å². The topological polar surface area (TPSA) is 108 Å². The molecule has 36 heavy (non-hydrogen) atoms. The van der Waals surface area contributed by atoms with Crippen molar-refractivity contribution >= 4 is 33.4 Å². The van der Waals surface area contributed by atoms with E-state index in [1.807, 2.05) is 58.3 Å². The summed E-state index contributed by atoms with van der Waals surface area (Å²) in [5.41, 5.74) is 3.83. The maximum atomic E-state index is 13.3. The zero-order chi connectivity index (χ0) is 25.7. The molecule has 0 bridgehead atoms. The first kappa shape index (κ1) is 24.0. The lowest BCUT2D eigenvalue weighted by Crippen LogP contribution is -2.54. The number of carbonyl (C=O) groups is 1. The number of phenols is 1. The maximum Gasteiger partial charge on any atom is 0.270 e. The molecule has 5 rings (SSSR count). The SMILES string of the molecule is Cc1c(O)c(-c2nc(C(=O)NC(C)C)c3cc(N4CC(C)NC(C)C4)ccc3n2)cc2cn(C)nc12. The van der Waals surface area contributed by atoms with Crippen molar-refractivity contribution in [2.45, 2.75) is 52.7 Å². The molecule has 1 saturated heterocycles. The third kappa shape index (κ3) is 4.35. The summed E-state index contributed by atoms with van der Waals surface area (Å²) in [4.78, 5) is 25.1. The summed E-state index contributed by atoms with van der Waals surface area (Å²) < 4.78 is 1.71. The lowest BCUT2D eigenvalue weighted by atomic mass is 10.0. The number of hydrogen-bond donors (Lipinski definition) is 3. The fourth-order valence-electron chi connectivity index (χ4n) is 5.09. The zero-order valence-corrected chi connectivity index (χ0v) is 21.6. The number of anilines is 1. The molecule has 1 fully saturated rings. The van der Waals surface area contributed by atoms with Crippen molar-refractivity contribution in [3.8, 4) is 17.1 Å². The summed E-state index contributed by atoms with van der Waals surface area (Å²) in [5.74, 6) is 0.104. The molecule has 9 nitrogen and oxygen atoms in total. The van der Waals surface area contributed by atoms with E-state index in [1.54, 1.807) is 4.68 Å². The molecule has 9 heteroatoms. The molecule has 0 aliphatic carbocycles. The highest BCUT2D eigenvalue weighted by Gasteiger charge is 2.24. The summed E-state index contributed by atoms with van der Waals surface area (Å²) in [6.07, 6.45) is 1.89. The molecule has 0 radical (unpaired) electrons. The summed E-state index contributed by atoms with van der Waals surface area (Å²) >= 11 is 0. The van der Waals surface area contributed by atoms with Gasteiger partial charge >= 0.3 is 0 Å². The number of aromatic nitrogens is 4. The second kappa shape index (κ2) is 9.05. The Hall–Kier alpha value is -3.72. The van der Waals surface area contributed by atoms with Gasteiger partial charge in [-0.1, -0.05) is 0 Å². The van der Waals surface area contributed by atoms with Crippen LogP contribution in [0.25, 0.3) is 33.2 Å². The first-order chi connectivity index (χ1) is 17.1. The summed E-state index contributed by atoms with van der Waals surface area (Å²) in [7, 11) is 1.84. The van der Waals surface area contributed by atoms with Crippen LogP contribution in [0.1, 0.15) is 43.7 Å². The van der Waals surface area contributed by atoms with Gasteiger partial charge in [0.1, 0.15) is 11.4 Å². The van der Waals surface area contributed by atoms with Crippen LogP contribution in [0.4, 0.5) is 5.69 Å². The summed E-state index contributed by atoms with van der Waals surface area (Å²) in [5, 5.41) is 23.6. The Balaban J connectivity index is 1.68. The Bertz CT molecular complexity index is 1470. The number of carbonyl (C=O) groups excluding carboxylic acids is 1. The van der Waals surface area contributed by atoms with E-state index in [4.69, 9.17) is 9.97 Å². The number of aromatic hydroxyl groups is 1. The van der Waals surface area contributed by atoms with Crippen LogP contribution >= 0.6 is 0 Å². The fraction of sp³-hybridized carbons (Fsp3) is 0.407. The average Bonchev–Trinajstić information content (AvgIpc) is 3.19. The minimum Gasteiger partial charge on any atom is -0.507 e. The first-order valence-corrected chi connectivity index (χ1v) is 12.4. The number of amides is 1. The smallest absolute Gasteiger partial charge is 0.270 e. The molecule has 0 spiro atoms. The molecule has 2 aromatic heterocycles. The van der Waals surface area contributed by atoms with Crippen LogP contribution < -0.4 is 15.5 Å². The van der Waals surface area contributed by atoms with Crippen LogP contribution in [-0.4, -0.2) is 62.0 Å². The second-order valence-corrected chi connectivity index (χ2v) is 10.2. The Kier molecular flexibility index (Phi) is 6.04. The van der Waals surface area contributed by atoms with Crippen LogP contribution in [0.15, 0.2) is 30.5 Å². The summed E-state index contributed by atoms with van der Waals surface area (Å²) in [6, 6.07) is 8.49. The van der Waals surface area contributed by atoms with Gasteiger partial charge in [0, 0.05) is 66.5 Å². The number of piperazine rings is 1. The van der Waals surface area contributed by atoms with Gasteiger partial charge in [-0.15, -0.1) is 0 Å². The third-order valence-corrected chi connectivity index (χ3v) is 6.60. The van der Waals surface area contributed by atoms with E-state index in [-0.39, 0.29) is 17.7 Å². The molecule has 1 aliphatic rings. The molecule has 1 amide bonds.